The zero-order chi connectivity index (χ0) is 12.4. The van der Waals surface area contributed by atoms with Gasteiger partial charge in [-0.25, -0.2) is 4.99 Å². The summed E-state index contributed by atoms with van der Waals surface area (Å²) in [6.07, 6.45) is 6.06. The Labute approximate surface area is 107 Å². The first kappa shape index (κ1) is 11.5. The van der Waals surface area contributed by atoms with E-state index in [9.17, 15) is 4.79 Å². The molecule has 1 heterocycles. The highest BCUT2D eigenvalue weighted by Gasteiger charge is 2.39. The molecule has 1 aliphatic carbocycles. The third-order valence-corrected chi connectivity index (χ3v) is 3.83. The molecule has 2 aliphatic rings. The normalized spacial score (nSPS) is 22.4. The first-order chi connectivity index (χ1) is 8.77. The van der Waals surface area contributed by atoms with Crippen LogP contribution in [0.4, 0.5) is 0 Å². The maximum absolute atomic E-state index is 11.8. The summed E-state index contributed by atoms with van der Waals surface area (Å²) < 4.78 is 5.31. The van der Waals surface area contributed by atoms with Crippen molar-refractivity contribution in [3.05, 3.63) is 35.9 Å². The SMILES string of the molecule is O=C1CC2(CCCCC2)N=C(c2ccccc2)O1. The maximum Gasteiger partial charge on any atom is 0.314 e. The van der Waals surface area contributed by atoms with Crippen LogP contribution in [-0.2, 0) is 9.53 Å². The number of carbonyl (C=O) groups excluding carboxylic acids is 1. The number of carbonyl (C=O) groups is 1. The van der Waals surface area contributed by atoms with Crippen LogP contribution in [0.2, 0.25) is 0 Å². The summed E-state index contributed by atoms with van der Waals surface area (Å²) in [6.45, 7) is 0. The number of aliphatic imine (C=N–C) groups is 1. The molecule has 0 aromatic heterocycles. The van der Waals surface area contributed by atoms with Gasteiger partial charge in [0.15, 0.2) is 0 Å². The van der Waals surface area contributed by atoms with Gasteiger partial charge >= 0.3 is 5.97 Å². The monoisotopic (exact) mass is 243 g/mol. The van der Waals surface area contributed by atoms with Crippen LogP contribution in [0.5, 0.6) is 0 Å². The van der Waals surface area contributed by atoms with Crippen LogP contribution in [0.1, 0.15) is 44.1 Å². The van der Waals surface area contributed by atoms with Gasteiger partial charge in [0.05, 0.1) is 12.0 Å². The molecule has 0 amide bonds. The molecule has 0 bridgehead atoms. The summed E-state index contributed by atoms with van der Waals surface area (Å²) in [4.78, 5) is 16.6. The molecule has 0 atom stereocenters. The zero-order valence-electron chi connectivity index (χ0n) is 10.4. The molecule has 1 saturated carbocycles. The molecule has 1 aromatic rings. The first-order valence-electron chi connectivity index (χ1n) is 6.63. The van der Waals surface area contributed by atoms with Crippen LogP contribution in [-0.4, -0.2) is 17.4 Å². The van der Waals surface area contributed by atoms with E-state index in [0.717, 1.165) is 18.4 Å². The highest BCUT2D eigenvalue weighted by atomic mass is 16.5. The van der Waals surface area contributed by atoms with Crippen LogP contribution in [0.3, 0.4) is 0 Å². The van der Waals surface area contributed by atoms with Gasteiger partial charge < -0.3 is 4.74 Å². The highest BCUT2D eigenvalue weighted by molar-refractivity contribution is 6.02. The second-order valence-corrected chi connectivity index (χ2v) is 5.22. The molecule has 1 aliphatic heterocycles. The molecule has 1 aromatic carbocycles. The number of cyclic esters (lactones) is 1. The molecule has 3 heteroatoms. The summed E-state index contributed by atoms with van der Waals surface area (Å²) in [5.74, 6) is 0.375. The van der Waals surface area contributed by atoms with Gasteiger partial charge in [0.2, 0.25) is 5.90 Å². The van der Waals surface area contributed by atoms with Crippen molar-refractivity contribution in [2.24, 2.45) is 4.99 Å². The molecule has 18 heavy (non-hydrogen) atoms. The Morgan fingerprint density at radius 1 is 1.06 bits per heavy atom. The molecule has 1 spiro atoms. The van der Waals surface area contributed by atoms with E-state index in [0.29, 0.717) is 12.3 Å². The van der Waals surface area contributed by atoms with E-state index in [4.69, 9.17) is 9.73 Å². The Morgan fingerprint density at radius 3 is 2.50 bits per heavy atom. The molecular weight excluding hydrogens is 226 g/mol. The lowest BCUT2D eigenvalue weighted by atomic mass is 9.79. The molecule has 0 N–H and O–H groups in total. The van der Waals surface area contributed by atoms with Gasteiger partial charge in [-0.15, -0.1) is 0 Å². The van der Waals surface area contributed by atoms with Crippen molar-refractivity contribution >= 4 is 11.9 Å². The largest absolute Gasteiger partial charge is 0.407 e. The molecule has 94 valence electrons. The lowest BCUT2D eigenvalue weighted by Gasteiger charge is -2.36. The van der Waals surface area contributed by atoms with Crippen molar-refractivity contribution in [1.82, 2.24) is 0 Å². The minimum absolute atomic E-state index is 0.134. The summed E-state index contributed by atoms with van der Waals surface area (Å²) in [5.41, 5.74) is 0.717. The third kappa shape index (κ3) is 2.17. The van der Waals surface area contributed by atoms with Crippen molar-refractivity contribution in [1.29, 1.82) is 0 Å². The fourth-order valence-corrected chi connectivity index (χ4v) is 2.89. The van der Waals surface area contributed by atoms with E-state index in [2.05, 4.69) is 0 Å². The van der Waals surface area contributed by atoms with E-state index in [1.165, 1.54) is 19.3 Å². The number of rotatable bonds is 1. The van der Waals surface area contributed by atoms with Crippen molar-refractivity contribution in [3.8, 4) is 0 Å². The minimum Gasteiger partial charge on any atom is -0.407 e. The average Bonchev–Trinajstić information content (AvgIpc) is 2.40. The van der Waals surface area contributed by atoms with Crippen LogP contribution >= 0.6 is 0 Å². The molecular formula is C15H17NO2. The molecule has 3 nitrogen and oxygen atoms in total. The van der Waals surface area contributed by atoms with Gasteiger partial charge in [0.1, 0.15) is 0 Å². The molecule has 0 radical (unpaired) electrons. The number of esters is 1. The van der Waals surface area contributed by atoms with Gasteiger partial charge in [-0.3, -0.25) is 4.79 Å². The lowest BCUT2D eigenvalue weighted by molar-refractivity contribution is -0.138. The number of benzene rings is 1. The van der Waals surface area contributed by atoms with E-state index >= 15 is 0 Å². The number of hydrogen-bond acceptors (Lipinski definition) is 3. The Morgan fingerprint density at radius 2 is 1.78 bits per heavy atom. The van der Waals surface area contributed by atoms with Crippen molar-refractivity contribution in [2.75, 3.05) is 0 Å². The second kappa shape index (κ2) is 4.56. The number of ether oxygens (including phenoxy) is 1. The number of nitrogens with zero attached hydrogens (tertiary/aromatic N) is 1. The van der Waals surface area contributed by atoms with E-state index in [1.807, 2.05) is 30.3 Å². The molecule has 3 rings (SSSR count). The van der Waals surface area contributed by atoms with E-state index in [1.54, 1.807) is 0 Å². The Hall–Kier alpha value is -1.64. The lowest BCUT2D eigenvalue weighted by Crippen LogP contribution is -2.39. The maximum atomic E-state index is 11.8. The quantitative estimate of drug-likeness (QED) is 0.711. The first-order valence-corrected chi connectivity index (χ1v) is 6.63. The number of hydrogen-bond donors (Lipinski definition) is 0. The molecule has 0 saturated heterocycles. The smallest absolute Gasteiger partial charge is 0.314 e. The Balaban J connectivity index is 1.96. The van der Waals surface area contributed by atoms with Crippen LogP contribution in [0.15, 0.2) is 35.3 Å². The minimum atomic E-state index is -0.182. The van der Waals surface area contributed by atoms with Gasteiger partial charge in [-0.2, -0.15) is 0 Å². The molecule has 0 unspecified atom stereocenters. The van der Waals surface area contributed by atoms with Crippen molar-refractivity contribution in [2.45, 2.75) is 44.1 Å². The van der Waals surface area contributed by atoms with Gasteiger partial charge in [0, 0.05) is 5.56 Å². The van der Waals surface area contributed by atoms with Gasteiger partial charge in [-0.05, 0) is 25.0 Å². The second-order valence-electron chi connectivity index (χ2n) is 5.22. The Bertz CT molecular complexity index is 473. The fourth-order valence-electron chi connectivity index (χ4n) is 2.89. The highest BCUT2D eigenvalue weighted by Crippen LogP contribution is 2.37. The van der Waals surface area contributed by atoms with Gasteiger partial charge in [0.25, 0.3) is 0 Å². The predicted molar refractivity (Wildman–Crippen MR) is 69.5 cm³/mol. The summed E-state index contributed by atoms with van der Waals surface area (Å²) in [5, 5.41) is 0. The van der Waals surface area contributed by atoms with Gasteiger partial charge in [-0.1, -0.05) is 37.5 Å². The van der Waals surface area contributed by atoms with E-state index < -0.39 is 0 Å². The summed E-state index contributed by atoms with van der Waals surface area (Å²) in [7, 11) is 0. The van der Waals surface area contributed by atoms with Crippen LogP contribution < -0.4 is 0 Å². The fraction of sp³-hybridized carbons (Fsp3) is 0.467. The topological polar surface area (TPSA) is 38.7 Å². The standard InChI is InChI=1S/C15H17NO2/c17-13-11-15(9-5-2-6-10-15)16-14(18-13)12-7-3-1-4-8-12/h1,3-4,7-8H,2,5-6,9-11H2. The summed E-state index contributed by atoms with van der Waals surface area (Å²) >= 11 is 0. The predicted octanol–water partition coefficient (Wildman–Crippen LogP) is 3.08. The van der Waals surface area contributed by atoms with E-state index in [-0.39, 0.29) is 11.5 Å². The third-order valence-electron chi connectivity index (χ3n) is 3.83. The average molecular weight is 243 g/mol. The molecule has 1 fully saturated rings. The van der Waals surface area contributed by atoms with Crippen LogP contribution in [0.25, 0.3) is 0 Å². The summed E-state index contributed by atoms with van der Waals surface area (Å²) in [6, 6.07) is 9.70. The zero-order valence-corrected chi connectivity index (χ0v) is 10.4. The van der Waals surface area contributed by atoms with Crippen molar-refractivity contribution in [3.63, 3.8) is 0 Å². The Kier molecular flexibility index (Phi) is 2.90. The van der Waals surface area contributed by atoms with Crippen molar-refractivity contribution < 1.29 is 9.53 Å². The van der Waals surface area contributed by atoms with Crippen LogP contribution in [0, 0.1) is 0 Å².